The third-order valence-electron chi connectivity index (χ3n) is 2.61. The van der Waals surface area contributed by atoms with Crippen molar-refractivity contribution >= 4 is 11.7 Å². The van der Waals surface area contributed by atoms with Gasteiger partial charge in [0, 0.05) is 18.9 Å². The third kappa shape index (κ3) is 6.04. The van der Waals surface area contributed by atoms with Crippen molar-refractivity contribution in [2.45, 2.75) is 34.0 Å². The average molecular weight is 280 g/mol. The van der Waals surface area contributed by atoms with E-state index < -0.39 is 6.29 Å². The monoisotopic (exact) mass is 280 g/mol. The molecule has 0 saturated carbocycles. The van der Waals surface area contributed by atoms with E-state index in [9.17, 15) is 4.79 Å². The first-order valence-corrected chi connectivity index (χ1v) is 6.91. The van der Waals surface area contributed by atoms with Crippen LogP contribution in [0.4, 0.5) is 10.5 Å². The van der Waals surface area contributed by atoms with Crippen LogP contribution in [-0.2, 0) is 9.47 Å². The van der Waals surface area contributed by atoms with Crippen molar-refractivity contribution in [1.82, 2.24) is 5.32 Å². The summed E-state index contributed by atoms with van der Waals surface area (Å²) >= 11 is 0. The van der Waals surface area contributed by atoms with Crippen molar-refractivity contribution in [3.63, 3.8) is 0 Å². The van der Waals surface area contributed by atoms with Crippen LogP contribution in [-0.4, -0.2) is 32.1 Å². The van der Waals surface area contributed by atoms with Crippen molar-refractivity contribution < 1.29 is 14.3 Å². The number of urea groups is 1. The molecule has 5 heteroatoms. The minimum Gasteiger partial charge on any atom is -0.351 e. The molecule has 0 unspecified atom stereocenters. The molecule has 0 radical (unpaired) electrons. The van der Waals surface area contributed by atoms with E-state index >= 15 is 0 Å². The van der Waals surface area contributed by atoms with Crippen LogP contribution in [0.1, 0.15) is 25.0 Å². The highest BCUT2D eigenvalue weighted by Crippen LogP contribution is 2.13. The van der Waals surface area contributed by atoms with Crippen LogP contribution in [0.15, 0.2) is 18.2 Å². The van der Waals surface area contributed by atoms with Crippen LogP contribution >= 0.6 is 0 Å². The van der Waals surface area contributed by atoms with Gasteiger partial charge in [0.25, 0.3) is 0 Å². The summed E-state index contributed by atoms with van der Waals surface area (Å²) in [5, 5.41) is 5.54. The van der Waals surface area contributed by atoms with Gasteiger partial charge >= 0.3 is 6.03 Å². The number of amides is 2. The zero-order valence-electron chi connectivity index (χ0n) is 12.7. The minimum atomic E-state index is -0.407. The molecule has 20 heavy (non-hydrogen) atoms. The quantitative estimate of drug-likeness (QED) is 0.755. The van der Waals surface area contributed by atoms with Gasteiger partial charge in [-0.2, -0.15) is 0 Å². The van der Waals surface area contributed by atoms with Gasteiger partial charge in [-0.25, -0.2) is 4.79 Å². The van der Waals surface area contributed by atoms with Crippen LogP contribution in [0.2, 0.25) is 0 Å². The Hall–Kier alpha value is -1.59. The standard InChI is InChI=1S/C15H24N2O3/c1-5-19-14(20-6-2)10-16-15(18)17-13-8-11(3)7-12(4)9-13/h7-9,14H,5-6,10H2,1-4H3,(H2,16,17,18). The normalized spacial score (nSPS) is 10.7. The molecule has 0 fully saturated rings. The third-order valence-corrected chi connectivity index (χ3v) is 2.61. The predicted octanol–water partition coefficient (Wildman–Crippen LogP) is 2.82. The first kappa shape index (κ1) is 16.5. The van der Waals surface area contributed by atoms with Gasteiger partial charge in [-0.15, -0.1) is 0 Å². The summed E-state index contributed by atoms with van der Waals surface area (Å²) < 4.78 is 10.7. The Bertz CT molecular complexity index is 409. The van der Waals surface area contributed by atoms with Crippen molar-refractivity contribution in [2.24, 2.45) is 0 Å². The summed E-state index contributed by atoms with van der Waals surface area (Å²) in [7, 11) is 0. The van der Waals surface area contributed by atoms with Gasteiger partial charge in [0.1, 0.15) is 0 Å². The van der Waals surface area contributed by atoms with Gasteiger partial charge in [-0.1, -0.05) is 6.07 Å². The van der Waals surface area contributed by atoms with E-state index in [-0.39, 0.29) is 6.03 Å². The molecule has 1 rings (SSSR count). The summed E-state index contributed by atoms with van der Waals surface area (Å²) in [5.74, 6) is 0. The maximum atomic E-state index is 11.8. The predicted molar refractivity (Wildman–Crippen MR) is 80.0 cm³/mol. The molecular formula is C15H24N2O3. The van der Waals surface area contributed by atoms with Crippen molar-refractivity contribution in [2.75, 3.05) is 25.1 Å². The van der Waals surface area contributed by atoms with Crippen LogP contribution in [0, 0.1) is 13.8 Å². The molecule has 0 saturated heterocycles. The number of hydrogen-bond acceptors (Lipinski definition) is 3. The van der Waals surface area contributed by atoms with E-state index in [1.54, 1.807) is 0 Å². The zero-order chi connectivity index (χ0) is 15.0. The number of rotatable bonds is 7. The summed E-state index contributed by atoms with van der Waals surface area (Å²) in [6, 6.07) is 5.65. The number of hydrogen-bond donors (Lipinski definition) is 2. The second-order valence-electron chi connectivity index (χ2n) is 4.55. The number of carbonyl (C=O) groups excluding carboxylic acids is 1. The summed E-state index contributed by atoms with van der Waals surface area (Å²) in [6.07, 6.45) is -0.407. The minimum absolute atomic E-state index is 0.264. The Labute approximate surface area is 120 Å². The summed E-state index contributed by atoms with van der Waals surface area (Å²) in [5.41, 5.74) is 3.01. The lowest BCUT2D eigenvalue weighted by Gasteiger charge is -2.17. The lowest BCUT2D eigenvalue weighted by molar-refractivity contribution is -0.131. The smallest absolute Gasteiger partial charge is 0.319 e. The Morgan fingerprint density at radius 2 is 1.65 bits per heavy atom. The summed E-state index contributed by atoms with van der Waals surface area (Å²) in [4.78, 5) is 11.8. The first-order valence-electron chi connectivity index (χ1n) is 6.91. The number of carbonyl (C=O) groups is 1. The highest BCUT2D eigenvalue weighted by Gasteiger charge is 2.10. The van der Waals surface area contributed by atoms with Gasteiger partial charge in [0.2, 0.25) is 0 Å². The maximum Gasteiger partial charge on any atom is 0.319 e. The zero-order valence-corrected chi connectivity index (χ0v) is 12.7. The molecule has 1 aromatic carbocycles. The van der Waals surface area contributed by atoms with Gasteiger partial charge in [-0.05, 0) is 51.0 Å². The fourth-order valence-electron chi connectivity index (χ4n) is 1.94. The summed E-state index contributed by atoms with van der Waals surface area (Å²) in [6.45, 7) is 9.18. The van der Waals surface area contributed by atoms with Crippen molar-refractivity contribution in [3.8, 4) is 0 Å². The molecule has 0 aliphatic rings. The number of anilines is 1. The number of nitrogens with one attached hydrogen (secondary N) is 2. The highest BCUT2D eigenvalue weighted by molar-refractivity contribution is 5.89. The molecule has 5 nitrogen and oxygen atoms in total. The largest absolute Gasteiger partial charge is 0.351 e. The van der Waals surface area contributed by atoms with Crippen molar-refractivity contribution in [1.29, 1.82) is 0 Å². The fourth-order valence-corrected chi connectivity index (χ4v) is 1.94. The maximum absolute atomic E-state index is 11.8. The van der Waals surface area contributed by atoms with E-state index in [2.05, 4.69) is 16.7 Å². The van der Waals surface area contributed by atoms with Gasteiger partial charge in [0.15, 0.2) is 6.29 Å². The van der Waals surface area contributed by atoms with Crippen LogP contribution in [0.3, 0.4) is 0 Å². The van der Waals surface area contributed by atoms with E-state index in [1.165, 1.54) is 0 Å². The van der Waals surface area contributed by atoms with Gasteiger partial charge in [0.05, 0.1) is 6.54 Å². The molecule has 0 spiro atoms. The molecule has 0 aliphatic heterocycles. The average Bonchev–Trinajstić information content (AvgIpc) is 2.35. The van der Waals surface area contributed by atoms with Crippen LogP contribution in [0.25, 0.3) is 0 Å². The Kier molecular flexibility index (Phi) is 7.04. The molecule has 0 aliphatic carbocycles. The van der Waals surface area contributed by atoms with E-state index in [1.807, 2.05) is 39.8 Å². The second kappa shape index (κ2) is 8.55. The number of ether oxygens (including phenoxy) is 2. The molecule has 2 N–H and O–H groups in total. The second-order valence-corrected chi connectivity index (χ2v) is 4.55. The van der Waals surface area contributed by atoms with Gasteiger partial charge < -0.3 is 20.1 Å². The van der Waals surface area contributed by atoms with Gasteiger partial charge in [-0.3, -0.25) is 0 Å². The molecular weight excluding hydrogens is 256 g/mol. The van der Waals surface area contributed by atoms with Crippen LogP contribution in [0.5, 0.6) is 0 Å². The molecule has 112 valence electrons. The number of benzene rings is 1. The molecule has 2 amide bonds. The lowest BCUT2D eigenvalue weighted by atomic mass is 10.1. The fraction of sp³-hybridized carbons (Fsp3) is 0.533. The first-order chi connectivity index (χ1) is 9.55. The van der Waals surface area contributed by atoms with E-state index in [4.69, 9.17) is 9.47 Å². The van der Waals surface area contributed by atoms with Crippen LogP contribution < -0.4 is 10.6 Å². The Morgan fingerprint density at radius 3 is 2.15 bits per heavy atom. The Balaban J connectivity index is 2.46. The molecule has 0 bridgehead atoms. The van der Waals surface area contributed by atoms with Crippen molar-refractivity contribution in [3.05, 3.63) is 29.3 Å². The lowest BCUT2D eigenvalue weighted by Crippen LogP contribution is -2.37. The van der Waals surface area contributed by atoms with E-state index in [0.29, 0.717) is 19.8 Å². The molecule has 0 atom stereocenters. The molecule has 0 heterocycles. The number of aryl methyl sites for hydroxylation is 2. The SMILES string of the molecule is CCOC(CNC(=O)Nc1cc(C)cc(C)c1)OCC. The highest BCUT2D eigenvalue weighted by atomic mass is 16.7. The van der Waals surface area contributed by atoms with E-state index in [0.717, 1.165) is 16.8 Å². The topological polar surface area (TPSA) is 59.6 Å². The molecule has 1 aromatic rings. The Morgan fingerprint density at radius 1 is 1.10 bits per heavy atom. The molecule has 0 aromatic heterocycles.